The number of carbonyl (C=O) groups is 5. The minimum Gasteiger partial charge on any atom is -0.477 e. The summed E-state index contributed by atoms with van der Waals surface area (Å²) in [4.78, 5) is 66.4. The van der Waals surface area contributed by atoms with Gasteiger partial charge in [0.05, 0.1) is 17.7 Å². The molecule has 0 unspecified atom stereocenters. The molecule has 244 valence electrons. The lowest BCUT2D eigenvalue weighted by Gasteiger charge is -2.49. The standard InChI is InChI=1S/C23H28N4O8S2.C6H15N/c1-5-6-12(13-10-36-14(25-13)7-15(28)35-23(2,3)4)18(29)26-16-19(30)27-17(21(31)32)11(8-34-22(24)33)9-37-20(16)27;1-5(2)7-6(3)4/h6,10,16,20H,5,7-9H2,1-4H3,(H2,24,33)(H,26,29)(H,31,32);5-7H,1-4H3/b12-6+;/t16-,20+;/m1./s1. The number of thiazole rings is 1. The van der Waals surface area contributed by atoms with Gasteiger partial charge in [0, 0.05) is 28.8 Å². The molecule has 0 aromatic carbocycles. The number of carboxylic acids is 1. The molecule has 0 spiro atoms. The molecule has 0 bridgehead atoms. The predicted molar refractivity (Wildman–Crippen MR) is 169 cm³/mol. The number of fused-ring (bicyclic) bond motifs is 1. The first-order valence-electron chi connectivity index (χ1n) is 14.2. The number of ether oxygens (including phenoxy) is 2. The van der Waals surface area contributed by atoms with Gasteiger partial charge in [0.2, 0.25) is 0 Å². The number of nitrogens with two attached hydrogens (primary N) is 1. The summed E-state index contributed by atoms with van der Waals surface area (Å²) in [5, 5.41) is 17.1. The van der Waals surface area contributed by atoms with E-state index in [0.29, 0.717) is 29.2 Å². The Morgan fingerprint density at radius 1 is 1.20 bits per heavy atom. The number of β-lactam (4-membered cyclic amide) rings is 1. The van der Waals surface area contributed by atoms with Crippen molar-refractivity contribution in [3.05, 3.63) is 33.4 Å². The highest BCUT2D eigenvalue weighted by Crippen LogP contribution is 2.40. The zero-order valence-electron chi connectivity index (χ0n) is 26.4. The van der Waals surface area contributed by atoms with E-state index in [1.54, 1.807) is 32.2 Å². The molecule has 0 aliphatic carbocycles. The van der Waals surface area contributed by atoms with Crippen LogP contribution in [0.3, 0.4) is 0 Å². The monoisotopic (exact) mass is 653 g/mol. The van der Waals surface area contributed by atoms with Crippen LogP contribution in [0.2, 0.25) is 0 Å². The molecule has 44 heavy (non-hydrogen) atoms. The van der Waals surface area contributed by atoms with Crippen LogP contribution >= 0.6 is 23.1 Å². The molecule has 1 aromatic heterocycles. The quantitative estimate of drug-likeness (QED) is 0.156. The Labute approximate surface area is 266 Å². The molecular formula is C29H43N5O8S2. The van der Waals surface area contributed by atoms with E-state index in [2.05, 4.69) is 43.3 Å². The topological polar surface area (TPSA) is 190 Å². The molecule has 0 radical (unpaired) electrons. The van der Waals surface area contributed by atoms with Gasteiger partial charge in [0.25, 0.3) is 11.8 Å². The van der Waals surface area contributed by atoms with Gasteiger partial charge in [-0.2, -0.15) is 0 Å². The molecule has 1 fully saturated rings. The number of carbonyl (C=O) groups excluding carboxylic acids is 4. The Balaban J connectivity index is 0.000000860. The summed E-state index contributed by atoms with van der Waals surface area (Å²) < 4.78 is 10.0. The lowest BCUT2D eigenvalue weighted by Crippen LogP contribution is -2.70. The van der Waals surface area contributed by atoms with Gasteiger partial charge >= 0.3 is 18.0 Å². The van der Waals surface area contributed by atoms with Crippen LogP contribution < -0.4 is 16.4 Å². The van der Waals surface area contributed by atoms with Crippen LogP contribution in [0.1, 0.15) is 72.5 Å². The molecule has 2 aliphatic rings. The largest absolute Gasteiger partial charge is 0.477 e. The molecule has 13 nitrogen and oxygen atoms in total. The fourth-order valence-electron chi connectivity index (χ4n) is 4.37. The predicted octanol–water partition coefficient (Wildman–Crippen LogP) is 3.05. The maximum absolute atomic E-state index is 13.1. The third-order valence-corrected chi connectivity index (χ3v) is 7.98. The van der Waals surface area contributed by atoms with Crippen LogP contribution in [0, 0.1) is 0 Å². The van der Waals surface area contributed by atoms with E-state index in [1.165, 1.54) is 23.1 Å². The fourth-order valence-corrected chi connectivity index (χ4v) is 6.48. The summed E-state index contributed by atoms with van der Waals surface area (Å²) in [6.45, 7) is 15.4. The molecule has 3 rings (SSSR count). The van der Waals surface area contributed by atoms with Crippen LogP contribution in [0.25, 0.3) is 5.57 Å². The number of thioether (sulfide) groups is 1. The number of rotatable bonds is 11. The fraction of sp³-hybridized carbons (Fsp3) is 0.586. The van der Waals surface area contributed by atoms with Gasteiger partial charge in [-0.1, -0.05) is 40.7 Å². The molecule has 1 saturated heterocycles. The molecule has 1 aromatic rings. The van der Waals surface area contributed by atoms with Gasteiger partial charge in [-0.25, -0.2) is 14.6 Å². The molecule has 5 N–H and O–H groups in total. The van der Waals surface area contributed by atoms with Crippen molar-refractivity contribution in [3.63, 3.8) is 0 Å². The van der Waals surface area contributed by atoms with Crippen molar-refractivity contribution < 1.29 is 38.6 Å². The first-order valence-corrected chi connectivity index (χ1v) is 16.1. The van der Waals surface area contributed by atoms with Crippen LogP contribution in [0.15, 0.2) is 22.7 Å². The van der Waals surface area contributed by atoms with Gasteiger partial charge in [0.15, 0.2) is 0 Å². The van der Waals surface area contributed by atoms with Crippen molar-refractivity contribution in [3.8, 4) is 0 Å². The van der Waals surface area contributed by atoms with Gasteiger partial charge in [-0.05, 0) is 27.2 Å². The van der Waals surface area contributed by atoms with E-state index in [9.17, 15) is 29.1 Å². The lowest BCUT2D eigenvalue weighted by molar-refractivity contribution is -0.154. The second kappa shape index (κ2) is 16.0. The van der Waals surface area contributed by atoms with Gasteiger partial charge in [0.1, 0.15) is 34.3 Å². The van der Waals surface area contributed by atoms with Crippen molar-refractivity contribution in [2.24, 2.45) is 5.73 Å². The molecule has 3 heterocycles. The van der Waals surface area contributed by atoms with Crippen molar-refractivity contribution in [1.82, 2.24) is 20.5 Å². The number of primary amides is 1. The highest BCUT2D eigenvalue weighted by molar-refractivity contribution is 8.00. The van der Waals surface area contributed by atoms with Crippen molar-refractivity contribution in [1.29, 1.82) is 0 Å². The first-order chi connectivity index (χ1) is 20.4. The van der Waals surface area contributed by atoms with Gasteiger partial charge < -0.3 is 30.9 Å². The summed E-state index contributed by atoms with van der Waals surface area (Å²) in [7, 11) is 0. The zero-order valence-corrected chi connectivity index (χ0v) is 28.0. The molecule has 0 saturated carbocycles. The average molecular weight is 654 g/mol. The summed E-state index contributed by atoms with van der Waals surface area (Å²) >= 11 is 2.45. The van der Waals surface area contributed by atoms with E-state index >= 15 is 0 Å². The highest BCUT2D eigenvalue weighted by atomic mass is 32.2. The second-order valence-corrected chi connectivity index (χ2v) is 13.7. The van der Waals surface area contributed by atoms with Crippen molar-refractivity contribution in [2.75, 3.05) is 12.4 Å². The van der Waals surface area contributed by atoms with Crippen LogP contribution in [0.4, 0.5) is 4.79 Å². The second-order valence-electron chi connectivity index (χ2n) is 11.6. The minimum absolute atomic E-state index is 0.0379. The number of nitrogens with zero attached hydrogens (tertiary/aromatic N) is 2. The highest BCUT2D eigenvalue weighted by Gasteiger charge is 2.54. The van der Waals surface area contributed by atoms with Crippen LogP contribution in [-0.4, -0.2) is 86.3 Å². The number of carboxylic acid groups (broad SMARTS) is 1. The summed E-state index contributed by atoms with van der Waals surface area (Å²) in [5.74, 6) is -2.75. The van der Waals surface area contributed by atoms with E-state index in [0.717, 1.165) is 4.90 Å². The number of amides is 3. The Kier molecular flexibility index (Phi) is 13.4. The maximum atomic E-state index is 13.1. The number of nitrogens with one attached hydrogen (secondary N) is 2. The van der Waals surface area contributed by atoms with E-state index in [-0.39, 0.29) is 35.6 Å². The molecule has 3 amide bonds. The summed E-state index contributed by atoms with van der Waals surface area (Å²) in [5.41, 5.74) is 4.89. The Morgan fingerprint density at radius 2 is 1.84 bits per heavy atom. The number of esters is 1. The number of hydrogen-bond acceptors (Lipinski definition) is 11. The molecule has 2 atom stereocenters. The maximum Gasteiger partial charge on any atom is 0.404 e. The Hall–Kier alpha value is -3.43. The number of hydrogen-bond donors (Lipinski definition) is 4. The Morgan fingerprint density at radius 3 is 2.34 bits per heavy atom. The molecule has 2 aliphatic heterocycles. The van der Waals surface area contributed by atoms with E-state index < -0.39 is 46.9 Å². The average Bonchev–Trinajstić information content (AvgIpc) is 3.34. The summed E-state index contributed by atoms with van der Waals surface area (Å²) in [6, 6.07) is 0.297. The zero-order chi connectivity index (χ0) is 33.4. The number of allylic oxidation sites excluding steroid dienone is 1. The lowest BCUT2D eigenvalue weighted by atomic mass is 10.0. The van der Waals surface area contributed by atoms with Crippen LogP contribution in [-0.2, 0) is 35.1 Å². The van der Waals surface area contributed by atoms with E-state index in [4.69, 9.17) is 15.2 Å². The normalized spacial score (nSPS) is 18.3. The third-order valence-electron chi connectivity index (χ3n) is 5.79. The van der Waals surface area contributed by atoms with Gasteiger partial charge in [-0.15, -0.1) is 23.1 Å². The Bertz CT molecular complexity index is 1290. The summed E-state index contributed by atoms with van der Waals surface area (Å²) in [6.07, 6.45) is 1.08. The molecule has 15 heteroatoms. The van der Waals surface area contributed by atoms with Gasteiger partial charge in [-0.3, -0.25) is 19.3 Å². The first kappa shape index (κ1) is 36.8. The van der Waals surface area contributed by atoms with Crippen LogP contribution in [0.5, 0.6) is 0 Å². The van der Waals surface area contributed by atoms with Crippen molar-refractivity contribution >= 4 is 58.5 Å². The minimum atomic E-state index is -1.35. The van der Waals surface area contributed by atoms with E-state index in [1.807, 2.05) is 6.92 Å². The number of aromatic nitrogens is 1. The SMILES string of the molecule is CC(C)NC(C)C.CC/C=C(/C(=O)N[C@@H]1C(=O)N2C(C(=O)O)=C(COC(N)=O)CS[C@@H]12)c1csc(CC(=O)OC(C)(C)C)n1. The third kappa shape index (κ3) is 10.6. The number of aliphatic carboxylic acids is 1. The smallest absolute Gasteiger partial charge is 0.404 e. The van der Waals surface area contributed by atoms with Crippen molar-refractivity contribution in [2.45, 2.75) is 97.3 Å². The molecular weight excluding hydrogens is 610 g/mol.